The van der Waals surface area contributed by atoms with Gasteiger partial charge in [-0.2, -0.15) is 8.78 Å². The number of ether oxygens (including phenoxy) is 3. The number of ketones is 1. The molecule has 5 aromatic rings. The fraction of sp³-hybridized carbons (Fsp3) is 0.353. The number of carbonyl (C=O) groups excluding carboxylic acids is 1. The van der Waals surface area contributed by atoms with E-state index in [9.17, 15) is 4.79 Å². The van der Waals surface area contributed by atoms with Crippen LogP contribution in [-0.4, -0.2) is 27.2 Å². The highest BCUT2D eigenvalue weighted by Crippen LogP contribution is 2.57. The van der Waals surface area contributed by atoms with E-state index in [0.717, 1.165) is 30.2 Å². The predicted molar refractivity (Wildman–Crippen MR) is 242 cm³/mol. The van der Waals surface area contributed by atoms with Gasteiger partial charge in [-0.25, -0.2) is 13.2 Å². The first-order chi connectivity index (χ1) is 28.5. The molecule has 0 saturated heterocycles. The van der Waals surface area contributed by atoms with Crippen LogP contribution in [0.1, 0.15) is 109 Å². The molecule has 0 radical (unpaired) electrons. The van der Waals surface area contributed by atoms with Gasteiger partial charge in [0.1, 0.15) is 45.8 Å². The largest absolute Gasteiger partial charge is 0.488 e. The van der Waals surface area contributed by atoms with Crippen LogP contribution in [0.25, 0.3) is 0 Å². The normalized spacial score (nSPS) is 13.6. The minimum atomic E-state index is -4.27. The van der Waals surface area contributed by atoms with Crippen molar-refractivity contribution in [1.29, 1.82) is 0 Å². The summed E-state index contributed by atoms with van der Waals surface area (Å²) in [5.74, 6) is -0.216. The van der Waals surface area contributed by atoms with Crippen molar-refractivity contribution in [3.05, 3.63) is 155 Å². The first-order valence-corrected chi connectivity index (χ1v) is 21.8. The smallest absolute Gasteiger partial charge is 0.345 e. The summed E-state index contributed by atoms with van der Waals surface area (Å²) in [7, 11) is 0. The molecule has 1 unspecified atom stereocenters. The minimum Gasteiger partial charge on any atom is -0.488 e. The Kier molecular flexibility index (Phi) is 13.9. The van der Waals surface area contributed by atoms with Crippen molar-refractivity contribution < 1.29 is 41.0 Å². The Morgan fingerprint density at radius 2 is 1.10 bits per heavy atom. The van der Waals surface area contributed by atoms with Crippen molar-refractivity contribution in [2.45, 2.75) is 125 Å². The SMILES string of the molecule is C=C(C)C(F)(Sc1ccc(OC(C)(C)C)cc1F)C(F)(F)Sc1ccc(C(C)(C)C(C)(C)Oc2ccc(Oc3ccc(C(=O)c4ccc(C(C)(C)C)cc4)cc3)cc2C)cc1F. The highest BCUT2D eigenvalue weighted by Gasteiger charge is 2.58. The average molecular weight is 891 g/mol. The fourth-order valence-electron chi connectivity index (χ4n) is 6.35. The molecule has 62 heavy (non-hydrogen) atoms. The van der Waals surface area contributed by atoms with Gasteiger partial charge >= 0.3 is 5.25 Å². The Morgan fingerprint density at radius 3 is 1.61 bits per heavy atom. The zero-order valence-electron chi connectivity index (χ0n) is 37.4. The molecule has 0 bridgehead atoms. The topological polar surface area (TPSA) is 44.8 Å². The molecule has 0 spiro atoms. The van der Waals surface area contributed by atoms with Crippen LogP contribution in [0.4, 0.5) is 22.0 Å². The van der Waals surface area contributed by atoms with Gasteiger partial charge in [0.2, 0.25) is 0 Å². The van der Waals surface area contributed by atoms with Gasteiger partial charge in [0.05, 0.1) is 0 Å². The number of carbonyl (C=O) groups is 1. The summed E-state index contributed by atoms with van der Waals surface area (Å²) in [4.78, 5) is 12.3. The molecule has 5 aromatic carbocycles. The van der Waals surface area contributed by atoms with E-state index in [0.29, 0.717) is 33.9 Å². The minimum absolute atomic E-state index is 0.0131. The number of alkyl halides is 3. The maximum absolute atomic E-state index is 16.4. The van der Waals surface area contributed by atoms with E-state index in [1.165, 1.54) is 24.3 Å². The van der Waals surface area contributed by atoms with Gasteiger partial charge in [-0.05, 0) is 155 Å². The molecular formula is C51H55F5O4S2. The van der Waals surface area contributed by atoms with Crippen molar-refractivity contribution in [2.75, 3.05) is 0 Å². The highest BCUT2D eigenvalue weighted by molar-refractivity contribution is 8.04. The summed E-state index contributed by atoms with van der Waals surface area (Å²) in [6, 6.07) is 27.3. The van der Waals surface area contributed by atoms with E-state index in [2.05, 4.69) is 27.4 Å². The number of hydrogen-bond acceptors (Lipinski definition) is 6. The third-order valence-electron chi connectivity index (χ3n) is 10.8. The van der Waals surface area contributed by atoms with E-state index in [4.69, 9.17) is 14.2 Å². The second-order valence-electron chi connectivity index (χ2n) is 18.5. The van der Waals surface area contributed by atoms with Crippen LogP contribution in [0, 0.1) is 18.6 Å². The summed E-state index contributed by atoms with van der Waals surface area (Å²) in [6.07, 6.45) is 0. The third-order valence-corrected chi connectivity index (χ3v) is 13.4. The zero-order chi connectivity index (χ0) is 46.2. The van der Waals surface area contributed by atoms with E-state index in [1.807, 2.05) is 65.0 Å². The average Bonchev–Trinajstić information content (AvgIpc) is 3.16. The molecule has 5 rings (SSSR count). The van der Waals surface area contributed by atoms with E-state index >= 15 is 22.0 Å². The van der Waals surface area contributed by atoms with Crippen LogP contribution in [-0.2, 0) is 10.8 Å². The molecule has 0 aliphatic rings. The molecule has 0 aliphatic carbocycles. The third kappa shape index (κ3) is 10.9. The first kappa shape index (κ1) is 48.3. The van der Waals surface area contributed by atoms with Gasteiger partial charge in [-0.1, -0.05) is 83.3 Å². The van der Waals surface area contributed by atoms with Crippen LogP contribution in [0.2, 0.25) is 0 Å². The number of hydrogen-bond donors (Lipinski definition) is 0. The van der Waals surface area contributed by atoms with Crippen molar-refractivity contribution in [3.8, 4) is 23.0 Å². The number of thioether (sulfide) groups is 2. The lowest BCUT2D eigenvalue weighted by atomic mass is 9.71. The quantitative estimate of drug-likeness (QED) is 0.0452. The lowest BCUT2D eigenvalue weighted by Crippen LogP contribution is -2.47. The molecular weight excluding hydrogens is 836 g/mol. The van der Waals surface area contributed by atoms with E-state index < -0.39 is 49.0 Å². The molecule has 0 fully saturated rings. The summed E-state index contributed by atoms with van der Waals surface area (Å²) < 4.78 is 97.5. The Morgan fingerprint density at radius 1 is 0.597 bits per heavy atom. The van der Waals surface area contributed by atoms with Crippen LogP contribution < -0.4 is 14.2 Å². The Bertz CT molecular complexity index is 2430. The summed E-state index contributed by atoms with van der Waals surface area (Å²) in [5.41, 5.74) is 0.431. The van der Waals surface area contributed by atoms with Crippen LogP contribution in [0.3, 0.4) is 0 Å². The van der Waals surface area contributed by atoms with E-state index in [1.54, 1.807) is 57.2 Å². The molecule has 4 nitrogen and oxygen atoms in total. The molecule has 330 valence electrons. The molecule has 0 saturated carbocycles. The van der Waals surface area contributed by atoms with Gasteiger partial charge in [-0.3, -0.25) is 4.79 Å². The molecule has 0 aliphatic heterocycles. The van der Waals surface area contributed by atoms with Crippen LogP contribution >= 0.6 is 23.5 Å². The first-order valence-electron chi connectivity index (χ1n) is 20.2. The Labute approximate surface area is 371 Å². The second kappa shape index (κ2) is 17.8. The van der Waals surface area contributed by atoms with Crippen molar-refractivity contribution in [3.63, 3.8) is 0 Å². The van der Waals surface area contributed by atoms with Gasteiger partial charge in [0.25, 0.3) is 5.00 Å². The molecule has 0 heterocycles. The summed E-state index contributed by atoms with van der Waals surface area (Å²) >= 11 is -0.317. The lowest BCUT2D eigenvalue weighted by Gasteiger charge is -2.42. The molecule has 0 amide bonds. The number of aryl methyl sites for hydroxylation is 1. The number of halogens is 5. The van der Waals surface area contributed by atoms with Gasteiger partial charge < -0.3 is 14.2 Å². The number of benzene rings is 5. The highest BCUT2D eigenvalue weighted by atomic mass is 32.2. The molecule has 0 aromatic heterocycles. The van der Waals surface area contributed by atoms with Gasteiger partial charge in [-0.15, -0.1) is 0 Å². The second-order valence-corrected chi connectivity index (χ2v) is 20.9. The fourth-order valence-corrected chi connectivity index (χ4v) is 8.37. The van der Waals surface area contributed by atoms with Gasteiger partial charge in [0.15, 0.2) is 5.78 Å². The molecule has 1 atom stereocenters. The maximum atomic E-state index is 16.4. The summed E-state index contributed by atoms with van der Waals surface area (Å²) in [5, 5.41) is -7.78. The Balaban J connectivity index is 1.26. The van der Waals surface area contributed by atoms with Crippen LogP contribution in [0.5, 0.6) is 23.0 Å². The van der Waals surface area contributed by atoms with Crippen molar-refractivity contribution in [2.24, 2.45) is 0 Å². The van der Waals surface area contributed by atoms with Gasteiger partial charge in [0, 0.05) is 32.4 Å². The summed E-state index contributed by atoms with van der Waals surface area (Å²) in [6.45, 7) is 25.4. The van der Waals surface area contributed by atoms with Crippen LogP contribution in [0.15, 0.2) is 125 Å². The maximum Gasteiger partial charge on any atom is 0.345 e. The van der Waals surface area contributed by atoms with Crippen molar-refractivity contribution >= 4 is 29.3 Å². The number of rotatable bonds is 15. The molecule has 11 heteroatoms. The van der Waals surface area contributed by atoms with Crippen molar-refractivity contribution in [1.82, 2.24) is 0 Å². The Hall–Kier alpha value is -4.74. The lowest BCUT2D eigenvalue weighted by molar-refractivity contribution is 0.0131. The standard InChI is InChI=1S/C51H55F5O4S2/c1-31(2)50(54,61-43-27-24-39(30-41(43)53)59-47(7,8)9)51(55,56)62-44-26-20-36(29-40(44)52)48(10,11)49(12,13)60-42-25-23-38(28-32(42)3)58-37-21-16-34(17-22-37)45(57)33-14-18-35(19-15-33)46(4,5)6/h14-30H,1H2,2-13H3. The van der Waals surface area contributed by atoms with E-state index in [-0.39, 0.29) is 45.4 Å². The zero-order valence-corrected chi connectivity index (χ0v) is 39.0. The monoisotopic (exact) mass is 890 g/mol. The predicted octanol–water partition coefficient (Wildman–Crippen LogP) is 15.6. The molecule has 0 N–H and O–H groups in total.